The molecule has 0 spiro atoms. The first-order valence-electron chi connectivity index (χ1n) is 12.4. The van der Waals surface area contributed by atoms with Crippen molar-refractivity contribution in [3.8, 4) is 17.6 Å². The average molecular weight is 469 g/mol. The van der Waals surface area contributed by atoms with Gasteiger partial charge in [-0.15, -0.1) is 0 Å². The highest BCUT2D eigenvalue weighted by Gasteiger charge is 2.47. The lowest BCUT2D eigenvalue weighted by Crippen LogP contribution is -2.54. The highest BCUT2D eigenvalue weighted by atomic mass is 16.5. The molecule has 3 aliphatic rings. The van der Waals surface area contributed by atoms with Crippen LogP contribution < -0.4 is 19.7 Å². The van der Waals surface area contributed by atoms with Crippen LogP contribution in [0, 0.1) is 23.2 Å². The van der Waals surface area contributed by atoms with Crippen LogP contribution in [0.2, 0.25) is 0 Å². The number of piperazine rings is 1. The van der Waals surface area contributed by atoms with Crippen LogP contribution in [0.5, 0.6) is 11.5 Å². The predicted molar refractivity (Wildman–Crippen MR) is 129 cm³/mol. The summed E-state index contributed by atoms with van der Waals surface area (Å²) in [5.41, 5.74) is 0.340. The van der Waals surface area contributed by atoms with Crippen molar-refractivity contribution in [3.63, 3.8) is 0 Å². The maximum absolute atomic E-state index is 13.4. The van der Waals surface area contributed by atoms with E-state index in [0.717, 1.165) is 62.5 Å². The molecule has 1 aliphatic heterocycles. The average Bonchev–Trinajstić information content (AvgIpc) is 3.64. The lowest BCUT2D eigenvalue weighted by Gasteiger charge is -2.42. The number of nitrogens with zero attached hydrogens (tertiary/aromatic N) is 3. The highest BCUT2D eigenvalue weighted by molar-refractivity contribution is 5.90. The normalized spacial score (nSPS) is 26.3. The van der Waals surface area contributed by atoms with Gasteiger partial charge in [-0.05, 0) is 44.7 Å². The van der Waals surface area contributed by atoms with Gasteiger partial charge in [0.2, 0.25) is 5.91 Å². The number of anilines is 1. The molecule has 1 aromatic rings. The topological polar surface area (TPSA) is 94.9 Å². The van der Waals surface area contributed by atoms with E-state index >= 15 is 0 Å². The van der Waals surface area contributed by atoms with Crippen molar-refractivity contribution in [3.05, 3.63) is 18.2 Å². The standard InChI is InChI=1S/C26H36N4O4/c1-18-15-30(22-9-8-19(33-2)14-24(22)34-3)13-12-29(18)16-23(31)20-6-4-5-7-21(20)25(32)28-26(17-27)10-11-26/h8-9,14,18,20-21H,4-7,10-13,15-16H2,1-3H3,(H,28,32)/t18-,20-,21-/m1/s1. The van der Waals surface area contributed by atoms with Gasteiger partial charge in [0.1, 0.15) is 17.0 Å². The van der Waals surface area contributed by atoms with Crippen molar-refractivity contribution in [1.29, 1.82) is 5.26 Å². The molecule has 34 heavy (non-hydrogen) atoms. The number of Topliss-reactive ketones (excluding diaryl/α,β-unsaturated/α-hetero) is 1. The number of nitrogens with one attached hydrogen (secondary N) is 1. The Balaban J connectivity index is 1.37. The van der Waals surface area contributed by atoms with E-state index in [4.69, 9.17) is 9.47 Å². The third-order valence-corrected chi connectivity index (χ3v) is 7.69. The highest BCUT2D eigenvalue weighted by Crippen LogP contribution is 2.38. The Labute approximate surface area is 202 Å². The molecular weight excluding hydrogens is 432 g/mol. The second-order valence-electron chi connectivity index (χ2n) is 9.95. The Morgan fingerprint density at radius 2 is 1.88 bits per heavy atom. The Morgan fingerprint density at radius 1 is 1.15 bits per heavy atom. The predicted octanol–water partition coefficient (Wildman–Crippen LogP) is 2.76. The zero-order valence-corrected chi connectivity index (χ0v) is 20.5. The van der Waals surface area contributed by atoms with Gasteiger partial charge in [0.05, 0.1) is 32.5 Å². The molecular formula is C26H36N4O4. The number of carbonyl (C=O) groups is 2. The second kappa shape index (κ2) is 10.2. The Hall–Kier alpha value is -2.79. The first-order chi connectivity index (χ1) is 16.4. The van der Waals surface area contributed by atoms with Crippen molar-refractivity contribution in [1.82, 2.24) is 10.2 Å². The molecule has 8 heteroatoms. The summed E-state index contributed by atoms with van der Waals surface area (Å²) < 4.78 is 10.9. The Morgan fingerprint density at radius 3 is 2.50 bits per heavy atom. The summed E-state index contributed by atoms with van der Waals surface area (Å²) >= 11 is 0. The smallest absolute Gasteiger partial charge is 0.225 e. The number of carbonyl (C=O) groups excluding carboxylic acids is 2. The van der Waals surface area contributed by atoms with Crippen LogP contribution in [-0.2, 0) is 9.59 Å². The van der Waals surface area contributed by atoms with E-state index in [9.17, 15) is 14.9 Å². The summed E-state index contributed by atoms with van der Waals surface area (Å²) in [7, 11) is 3.30. The number of benzene rings is 1. The molecule has 8 nitrogen and oxygen atoms in total. The van der Waals surface area contributed by atoms with Gasteiger partial charge in [0, 0.05) is 43.6 Å². The number of amides is 1. The van der Waals surface area contributed by atoms with Crippen LogP contribution in [0.25, 0.3) is 0 Å². The van der Waals surface area contributed by atoms with Crippen LogP contribution in [-0.4, -0.2) is 68.6 Å². The molecule has 3 atom stereocenters. The Bertz CT molecular complexity index is 955. The summed E-state index contributed by atoms with van der Waals surface area (Å²) in [6, 6.07) is 8.26. The summed E-state index contributed by atoms with van der Waals surface area (Å²) in [5.74, 6) is 1.01. The maximum atomic E-state index is 13.4. The van der Waals surface area contributed by atoms with E-state index in [2.05, 4.69) is 28.1 Å². The SMILES string of the molecule is COc1ccc(N2CCN(CC(=O)[C@@H]3CCCC[C@H]3C(=O)NC3(C#N)CC3)[C@H](C)C2)c(OC)c1. The molecule has 1 aromatic carbocycles. The van der Waals surface area contributed by atoms with Crippen molar-refractivity contribution in [2.24, 2.45) is 11.8 Å². The van der Waals surface area contributed by atoms with Crippen molar-refractivity contribution < 1.29 is 19.1 Å². The molecule has 3 fully saturated rings. The van der Waals surface area contributed by atoms with E-state index < -0.39 is 5.54 Å². The minimum absolute atomic E-state index is 0.110. The van der Waals surface area contributed by atoms with E-state index in [1.54, 1.807) is 14.2 Å². The molecule has 1 heterocycles. The van der Waals surface area contributed by atoms with Crippen LogP contribution in [0.1, 0.15) is 45.4 Å². The summed E-state index contributed by atoms with van der Waals surface area (Å²) in [6.07, 6.45) is 4.84. The van der Waals surface area contributed by atoms with Gasteiger partial charge in [0.25, 0.3) is 0 Å². The van der Waals surface area contributed by atoms with E-state index in [0.29, 0.717) is 19.4 Å². The zero-order chi connectivity index (χ0) is 24.3. The molecule has 0 radical (unpaired) electrons. The summed E-state index contributed by atoms with van der Waals surface area (Å²) in [4.78, 5) is 30.8. The van der Waals surface area contributed by atoms with Crippen LogP contribution >= 0.6 is 0 Å². The number of hydrogen-bond acceptors (Lipinski definition) is 7. The fourth-order valence-electron chi connectivity index (χ4n) is 5.36. The van der Waals surface area contributed by atoms with Crippen LogP contribution in [0.15, 0.2) is 18.2 Å². The fraction of sp³-hybridized carbons (Fsp3) is 0.654. The second-order valence-corrected chi connectivity index (χ2v) is 9.95. The maximum Gasteiger partial charge on any atom is 0.225 e. The molecule has 0 bridgehead atoms. The third-order valence-electron chi connectivity index (χ3n) is 7.69. The molecule has 1 N–H and O–H groups in total. The van der Waals surface area contributed by atoms with Gasteiger partial charge in [0.15, 0.2) is 5.78 Å². The lowest BCUT2D eigenvalue weighted by atomic mass is 9.76. The molecule has 2 saturated carbocycles. The first-order valence-corrected chi connectivity index (χ1v) is 12.4. The summed E-state index contributed by atoms with van der Waals surface area (Å²) in [5, 5.41) is 12.3. The van der Waals surface area contributed by atoms with Gasteiger partial charge in [-0.2, -0.15) is 5.26 Å². The minimum atomic E-state index is -0.685. The number of ether oxygens (including phenoxy) is 2. The van der Waals surface area contributed by atoms with Gasteiger partial charge >= 0.3 is 0 Å². The van der Waals surface area contributed by atoms with E-state index in [-0.39, 0.29) is 29.6 Å². The molecule has 2 aliphatic carbocycles. The van der Waals surface area contributed by atoms with Crippen molar-refractivity contribution in [2.45, 2.75) is 57.0 Å². The van der Waals surface area contributed by atoms with Crippen molar-refractivity contribution >= 4 is 17.4 Å². The molecule has 0 aromatic heterocycles. The summed E-state index contributed by atoms with van der Waals surface area (Å²) in [6.45, 7) is 4.86. The van der Waals surface area contributed by atoms with Crippen molar-refractivity contribution in [2.75, 3.05) is 45.3 Å². The monoisotopic (exact) mass is 468 g/mol. The number of rotatable bonds is 8. The van der Waals surface area contributed by atoms with Gasteiger partial charge in [-0.1, -0.05) is 12.8 Å². The number of methoxy groups -OCH3 is 2. The zero-order valence-electron chi connectivity index (χ0n) is 20.5. The van der Waals surface area contributed by atoms with E-state index in [1.807, 2.05) is 18.2 Å². The molecule has 1 amide bonds. The number of nitriles is 1. The van der Waals surface area contributed by atoms with Gasteiger partial charge in [-0.3, -0.25) is 14.5 Å². The third kappa shape index (κ3) is 5.15. The molecule has 184 valence electrons. The molecule has 4 rings (SSSR count). The lowest BCUT2D eigenvalue weighted by molar-refractivity contribution is -0.136. The molecule has 0 unspecified atom stereocenters. The largest absolute Gasteiger partial charge is 0.497 e. The Kier molecular flexibility index (Phi) is 7.32. The quantitative estimate of drug-likeness (QED) is 0.627. The van der Waals surface area contributed by atoms with Gasteiger partial charge < -0.3 is 19.7 Å². The number of hydrogen-bond donors (Lipinski definition) is 1. The van der Waals surface area contributed by atoms with E-state index in [1.165, 1.54) is 0 Å². The van der Waals surface area contributed by atoms with Crippen LogP contribution in [0.3, 0.4) is 0 Å². The van der Waals surface area contributed by atoms with Gasteiger partial charge in [-0.25, -0.2) is 0 Å². The minimum Gasteiger partial charge on any atom is -0.497 e. The fourth-order valence-corrected chi connectivity index (χ4v) is 5.36. The van der Waals surface area contributed by atoms with Crippen LogP contribution in [0.4, 0.5) is 5.69 Å². The number of ketones is 1. The first kappa shape index (κ1) is 24.3. The molecule has 1 saturated heterocycles.